The SMILES string of the molecule is COc1cc(OC)c(F)c(-c2ccc(NC3(C(=O)O)CCOCC3)cc2CCC2CCCC2)c1. The van der Waals surface area contributed by atoms with E-state index < -0.39 is 17.3 Å². The summed E-state index contributed by atoms with van der Waals surface area (Å²) in [5.41, 5.74) is 1.84. The van der Waals surface area contributed by atoms with Crippen molar-refractivity contribution >= 4 is 11.7 Å². The highest BCUT2D eigenvalue weighted by molar-refractivity contribution is 5.83. The fourth-order valence-electron chi connectivity index (χ4n) is 5.22. The van der Waals surface area contributed by atoms with E-state index in [9.17, 15) is 9.90 Å². The minimum atomic E-state index is -1.06. The predicted molar refractivity (Wildman–Crippen MR) is 129 cm³/mol. The maximum atomic E-state index is 15.3. The number of hydrogen-bond donors (Lipinski definition) is 2. The molecule has 1 heterocycles. The van der Waals surface area contributed by atoms with Crippen LogP contribution < -0.4 is 14.8 Å². The summed E-state index contributed by atoms with van der Waals surface area (Å²) in [6, 6.07) is 8.92. The summed E-state index contributed by atoms with van der Waals surface area (Å²) in [5.74, 6) is 0.0121. The first-order valence-electron chi connectivity index (χ1n) is 12.1. The summed E-state index contributed by atoms with van der Waals surface area (Å²) >= 11 is 0. The third-order valence-electron chi connectivity index (χ3n) is 7.30. The number of benzene rings is 2. The summed E-state index contributed by atoms with van der Waals surface area (Å²) in [7, 11) is 2.98. The van der Waals surface area contributed by atoms with Crippen LogP contribution in [-0.2, 0) is 16.0 Å². The zero-order valence-electron chi connectivity index (χ0n) is 20.0. The van der Waals surface area contributed by atoms with E-state index in [0.717, 1.165) is 29.7 Å². The Kier molecular flexibility index (Phi) is 7.61. The second-order valence-electron chi connectivity index (χ2n) is 9.38. The van der Waals surface area contributed by atoms with E-state index in [0.29, 0.717) is 43.3 Å². The molecule has 7 heteroatoms. The maximum Gasteiger partial charge on any atom is 0.329 e. The van der Waals surface area contributed by atoms with Crippen LogP contribution in [0.25, 0.3) is 11.1 Å². The van der Waals surface area contributed by atoms with E-state index in [4.69, 9.17) is 14.2 Å². The van der Waals surface area contributed by atoms with Gasteiger partial charge in [0.1, 0.15) is 11.3 Å². The number of anilines is 1. The van der Waals surface area contributed by atoms with Gasteiger partial charge in [-0.2, -0.15) is 0 Å². The zero-order chi connectivity index (χ0) is 24.1. The number of carbonyl (C=O) groups is 1. The van der Waals surface area contributed by atoms with Gasteiger partial charge < -0.3 is 24.6 Å². The van der Waals surface area contributed by atoms with Crippen molar-refractivity contribution in [2.75, 3.05) is 32.8 Å². The minimum Gasteiger partial charge on any atom is -0.497 e. The summed E-state index contributed by atoms with van der Waals surface area (Å²) in [5, 5.41) is 13.2. The van der Waals surface area contributed by atoms with Crippen LogP contribution in [0.5, 0.6) is 11.5 Å². The minimum absolute atomic E-state index is 0.130. The summed E-state index contributed by atoms with van der Waals surface area (Å²) in [6.45, 7) is 0.807. The molecule has 0 unspecified atom stereocenters. The molecular formula is C27H34FNO5. The molecule has 0 bridgehead atoms. The van der Waals surface area contributed by atoms with Crippen molar-refractivity contribution in [1.29, 1.82) is 0 Å². The lowest BCUT2D eigenvalue weighted by Crippen LogP contribution is -2.50. The van der Waals surface area contributed by atoms with Crippen molar-refractivity contribution in [3.05, 3.63) is 41.7 Å². The van der Waals surface area contributed by atoms with Gasteiger partial charge in [0.2, 0.25) is 0 Å². The van der Waals surface area contributed by atoms with Crippen molar-refractivity contribution in [3.63, 3.8) is 0 Å². The van der Waals surface area contributed by atoms with Crippen LogP contribution in [0.2, 0.25) is 0 Å². The molecule has 1 aliphatic heterocycles. The van der Waals surface area contributed by atoms with E-state index in [-0.39, 0.29) is 5.75 Å². The molecule has 2 N–H and O–H groups in total. The van der Waals surface area contributed by atoms with Gasteiger partial charge in [-0.15, -0.1) is 0 Å². The Morgan fingerprint density at radius 1 is 1.12 bits per heavy atom. The summed E-state index contributed by atoms with van der Waals surface area (Å²) < 4.78 is 31.4. The smallest absolute Gasteiger partial charge is 0.329 e. The monoisotopic (exact) mass is 471 g/mol. The highest BCUT2D eigenvalue weighted by atomic mass is 19.1. The van der Waals surface area contributed by atoms with E-state index in [2.05, 4.69) is 5.32 Å². The number of ether oxygens (including phenoxy) is 3. The molecule has 0 aromatic heterocycles. The Bertz CT molecular complexity index is 1010. The van der Waals surface area contributed by atoms with Gasteiger partial charge in [-0.1, -0.05) is 31.7 Å². The Hall–Kier alpha value is -2.80. The molecule has 4 rings (SSSR count). The molecule has 1 saturated carbocycles. The van der Waals surface area contributed by atoms with Crippen LogP contribution in [0.15, 0.2) is 30.3 Å². The molecule has 2 aliphatic rings. The molecule has 2 aromatic rings. The molecule has 1 saturated heterocycles. The van der Waals surface area contributed by atoms with E-state index >= 15 is 4.39 Å². The van der Waals surface area contributed by atoms with E-state index in [1.54, 1.807) is 13.2 Å². The molecule has 0 amide bonds. The number of carboxylic acid groups (broad SMARTS) is 1. The number of rotatable bonds is 9. The average molecular weight is 472 g/mol. The average Bonchev–Trinajstić information content (AvgIpc) is 3.37. The standard InChI is InChI=1S/C27H34FNO5/c1-32-21-16-23(25(28)24(17-21)33-2)22-10-9-20(15-19(22)8-7-18-5-3-4-6-18)29-27(26(30)31)11-13-34-14-12-27/h9-10,15-18,29H,3-8,11-14H2,1-2H3,(H,30,31). The lowest BCUT2D eigenvalue weighted by Gasteiger charge is -2.35. The van der Waals surface area contributed by atoms with Crippen molar-refractivity contribution in [3.8, 4) is 22.6 Å². The third kappa shape index (κ3) is 5.14. The Balaban J connectivity index is 1.72. The van der Waals surface area contributed by atoms with Crippen LogP contribution in [0.1, 0.15) is 50.5 Å². The van der Waals surface area contributed by atoms with Crippen molar-refractivity contribution in [1.82, 2.24) is 0 Å². The zero-order valence-corrected chi connectivity index (χ0v) is 20.0. The van der Waals surface area contributed by atoms with Gasteiger partial charge in [-0.3, -0.25) is 0 Å². The second kappa shape index (κ2) is 10.6. The topological polar surface area (TPSA) is 77.0 Å². The number of halogens is 1. The van der Waals surface area contributed by atoms with Gasteiger partial charge in [0.25, 0.3) is 0 Å². The fourth-order valence-corrected chi connectivity index (χ4v) is 5.22. The van der Waals surface area contributed by atoms with Gasteiger partial charge in [0, 0.05) is 43.4 Å². The van der Waals surface area contributed by atoms with Crippen molar-refractivity contribution in [2.45, 2.75) is 56.9 Å². The first-order valence-corrected chi connectivity index (χ1v) is 12.1. The van der Waals surface area contributed by atoms with Crippen LogP contribution >= 0.6 is 0 Å². The molecule has 6 nitrogen and oxygen atoms in total. The van der Waals surface area contributed by atoms with Gasteiger partial charge in [-0.25, -0.2) is 9.18 Å². The van der Waals surface area contributed by atoms with Gasteiger partial charge in [0.05, 0.1) is 14.2 Å². The van der Waals surface area contributed by atoms with Crippen LogP contribution in [-0.4, -0.2) is 44.0 Å². The number of carboxylic acids is 1. The number of hydrogen-bond acceptors (Lipinski definition) is 5. The van der Waals surface area contributed by atoms with Crippen LogP contribution in [0.4, 0.5) is 10.1 Å². The molecule has 1 aliphatic carbocycles. The van der Waals surface area contributed by atoms with Crippen LogP contribution in [0, 0.1) is 11.7 Å². The molecule has 2 fully saturated rings. The first kappa shape index (κ1) is 24.3. The van der Waals surface area contributed by atoms with E-state index in [1.165, 1.54) is 38.9 Å². The molecule has 0 spiro atoms. The molecule has 34 heavy (non-hydrogen) atoms. The van der Waals surface area contributed by atoms with Gasteiger partial charge in [0.15, 0.2) is 11.6 Å². The Labute approximate surface area is 200 Å². The number of methoxy groups -OCH3 is 2. The lowest BCUT2D eigenvalue weighted by atomic mass is 9.88. The maximum absolute atomic E-state index is 15.3. The molecule has 184 valence electrons. The highest BCUT2D eigenvalue weighted by Gasteiger charge is 2.40. The Morgan fingerprint density at radius 3 is 2.50 bits per heavy atom. The summed E-state index contributed by atoms with van der Waals surface area (Å²) in [4.78, 5) is 12.1. The normalized spacial score (nSPS) is 18.0. The number of nitrogens with one attached hydrogen (secondary N) is 1. The van der Waals surface area contributed by atoms with E-state index in [1.807, 2.05) is 18.2 Å². The molecular weight excluding hydrogens is 437 g/mol. The fraction of sp³-hybridized carbons (Fsp3) is 0.519. The molecule has 0 atom stereocenters. The predicted octanol–water partition coefficient (Wildman–Crippen LogP) is 5.68. The lowest BCUT2D eigenvalue weighted by molar-refractivity contribution is -0.145. The Morgan fingerprint density at radius 2 is 1.85 bits per heavy atom. The number of aryl methyl sites for hydroxylation is 1. The van der Waals surface area contributed by atoms with Crippen LogP contribution in [0.3, 0.4) is 0 Å². The third-order valence-corrected chi connectivity index (χ3v) is 7.30. The van der Waals surface area contributed by atoms with Crippen molar-refractivity contribution < 1.29 is 28.5 Å². The number of aliphatic carboxylic acids is 1. The second-order valence-corrected chi connectivity index (χ2v) is 9.38. The highest BCUT2D eigenvalue weighted by Crippen LogP contribution is 2.39. The summed E-state index contributed by atoms with van der Waals surface area (Å²) in [6.07, 6.45) is 7.60. The van der Waals surface area contributed by atoms with Gasteiger partial charge in [-0.05, 0) is 48.1 Å². The molecule has 2 aromatic carbocycles. The first-order chi connectivity index (χ1) is 16.5. The quantitative estimate of drug-likeness (QED) is 0.490. The largest absolute Gasteiger partial charge is 0.497 e. The molecule has 0 radical (unpaired) electrons. The van der Waals surface area contributed by atoms with Crippen molar-refractivity contribution in [2.24, 2.45) is 5.92 Å². The van der Waals surface area contributed by atoms with Gasteiger partial charge >= 0.3 is 5.97 Å².